The van der Waals surface area contributed by atoms with Gasteiger partial charge in [-0.1, -0.05) is 121 Å². The van der Waals surface area contributed by atoms with Gasteiger partial charge in [0.25, 0.3) is 0 Å². The van der Waals surface area contributed by atoms with Crippen molar-refractivity contribution >= 4 is 91.5 Å². The number of nitrogens with two attached hydrogens (primary N) is 2. The molecule has 0 bridgehead atoms. The van der Waals surface area contributed by atoms with Gasteiger partial charge in [-0.15, -0.1) is 11.3 Å². The van der Waals surface area contributed by atoms with Crippen LogP contribution in [0.25, 0.3) is 80.2 Å². The fourth-order valence-corrected chi connectivity index (χ4v) is 9.32. The predicted molar refractivity (Wildman–Crippen MR) is 226 cm³/mol. The molecule has 4 N–H and O–H groups in total. The zero-order valence-electron chi connectivity index (χ0n) is 28.9. The average Bonchev–Trinajstić information content (AvgIpc) is 3.88. The first-order chi connectivity index (χ1) is 26.2. The summed E-state index contributed by atoms with van der Waals surface area (Å²) in [7, 11) is 0. The normalized spacial score (nSPS) is 11.7. The van der Waals surface area contributed by atoms with Crippen molar-refractivity contribution in [3.63, 3.8) is 0 Å². The number of hydrogen-bond donors (Lipinski definition) is 2. The van der Waals surface area contributed by atoms with Crippen molar-refractivity contribution in [2.45, 2.75) is 13.0 Å². The van der Waals surface area contributed by atoms with Crippen LogP contribution in [0.1, 0.15) is 16.9 Å². The van der Waals surface area contributed by atoms with E-state index in [0.29, 0.717) is 6.54 Å². The monoisotopic (exact) mass is 701 g/mol. The van der Waals surface area contributed by atoms with Gasteiger partial charge >= 0.3 is 0 Å². The van der Waals surface area contributed by atoms with Crippen molar-refractivity contribution in [2.75, 3.05) is 5.73 Å². The maximum absolute atomic E-state index is 6.09. The van der Waals surface area contributed by atoms with Crippen LogP contribution in [-0.4, -0.2) is 4.57 Å². The second-order valence-corrected chi connectivity index (χ2v) is 14.6. The van der Waals surface area contributed by atoms with Gasteiger partial charge in [-0.25, -0.2) is 0 Å². The van der Waals surface area contributed by atoms with Crippen LogP contribution in [0.4, 0.5) is 5.69 Å². The van der Waals surface area contributed by atoms with E-state index >= 15 is 0 Å². The molecular formula is C48H35N3OS. The average molecular weight is 702 g/mol. The van der Waals surface area contributed by atoms with Crippen LogP contribution in [0.5, 0.6) is 0 Å². The van der Waals surface area contributed by atoms with Crippen molar-refractivity contribution in [3.8, 4) is 5.69 Å². The summed E-state index contributed by atoms with van der Waals surface area (Å²) in [5, 5.41) is 11.6. The minimum atomic E-state index is 0.529. The van der Waals surface area contributed by atoms with Crippen LogP contribution >= 0.6 is 11.3 Å². The topological polar surface area (TPSA) is 70.1 Å². The fourth-order valence-electron chi connectivity index (χ4n) is 8.07. The SMILES string of the molecule is NCc1cccc(-n2c3ccccc3c3c4c(ccc32)c2ccccc2c2sc3ccccc3c24)c1.Nc1c(Cc2ccccc2)oc2ccccc12. The second-order valence-electron chi connectivity index (χ2n) is 13.6. The molecule has 254 valence electrons. The van der Waals surface area contributed by atoms with Crippen LogP contribution in [0.3, 0.4) is 0 Å². The fraction of sp³-hybridized carbons (Fsp3) is 0.0417. The minimum absolute atomic E-state index is 0.529. The summed E-state index contributed by atoms with van der Waals surface area (Å²) < 4.78 is 10.9. The van der Waals surface area contributed by atoms with Crippen LogP contribution in [0, 0.1) is 0 Å². The van der Waals surface area contributed by atoms with E-state index in [-0.39, 0.29) is 0 Å². The van der Waals surface area contributed by atoms with Crippen molar-refractivity contribution in [1.82, 2.24) is 4.57 Å². The number of benzene rings is 8. The molecule has 0 radical (unpaired) electrons. The van der Waals surface area contributed by atoms with Crippen LogP contribution in [0.15, 0.2) is 168 Å². The van der Waals surface area contributed by atoms with Gasteiger partial charge in [-0.3, -0.25) is 0 Å². The quantitative estimate of drug-likeness (QED) is 0.179. The third kappa shape index (κ3) is 5.08. The highest BCUT2D eigenvalue weighted by atomic mass is 32.1. The molecule has 0 atom stereocenters. The molecule has 11 aromatic rings. The predicted octanol–water partition coefficient (Wildman–Crippen LogP) is 12.5. The molecule has 4 nitrogen and oxygen atoms in total. The molecule has 5 heteroatoms. The number of anilines is 1. The summed E-state index contributed by atoms with van der Waals surface area (Å²) in [5.74, 6) is 0.845. The number of hydrogen-bond acceptors (Lipinski definition) is 4. The van der Waals surface area contributed by atoms with Crippen molar-refractivity contribution in [1.29, 1.82) is 0 Å². The smallest absolute Gasteiger partial charge is 0.136 e. The Balaban J connectivity index is 0.000000172. The standard InChI is InChI=1S/C33H22N2S.C15H13NO/c34-19-20-8-7-9-21(18-20)35-27-14-5-3-12-25(27)30-28(35)17-16-23-22-10-1-2-11-24(22)33-32(31(23)30)26-13-4-6-15-29(26)36-33;16-15-12-8-4-5-9-13(12)17-14(15)10-11-6-2-1-3-7-11/h1-18H,19,34H2;1-9H,10,16H2. The molecule has 0 unspecified atom stereocenters. The highest BCUT2D eigenvalue weighted by Crippen LogP contribution is 2.48. The number of para-hydroxylation sites is 2. The molecule has 0 aliphatic rings. The Morgan fingerprint density at radius 1 is 0.509 bits per heavy atom. The summed E-state index contributed by atoms with van der Waals surface area (Å²) >= 11 is 1.91. The summed E-state index contributed by atoms with van der Waals surface area (Å²) in [6.07, 6.45) is 0.737. The molecule has 8 aromatic carbocycles. The molecule has 0 fully saturated rings. The first-order valence-electron chi connectivity index (χ1n) is 17.9. The third-order valence-electron chi connectivity index (χ3n) is 10.5. The number of fused-ring (bicyclic) bond motifs is 13. The van der Waals surface area contributed by atoms with Crippen molar-refractivity contribution < 1.29 is 4.42 Å². The number of furan rings is 1. The highest BCUT2D eigenvalue weighted by Gasteiger charge is 2.20. The molecule has 0 saturated carbocycles. The van der Waals surface area contributed by atoms with E-state index in [4.69, 9.17) is 15.9 Å². The molecule has 0 aliphatic carbocycles. The van der Waals surface area contributed by atoms with E-state index in [1.165, 1.54) is 69.1 Å². The molecular weight excluding hydrogens is 667 g/mol. The molecule has 11 rings (SSSR count). The van der Waals surface area contributed by atoms with Gasteiger partial charge in [0, 0.05) is 65.8 Å². The summed E-state index contributed by atoms with van der Waals surface area (Å²) in [5.41, 5.74) is 19.7. The van der Waals surface area contributed by atoms with E-state index in [1.54, 1.807) is 0 Å². The van der Waals surface area contributed by atoms with Gasteiger partial charge in [0.2, 0.25) is 0 Å². The molecule has 3 aromatic heterocycles. The lowest BCUT2D eigenvalue weighted by Gasteiger charge is -2.11. The Kier molecular flexibility index (Phi) is 7.50. The molecule has 53 heavy (non-hydrogen) atoms. The zero-order chi connectivity index (χ0) is 35.5. The lowest BCUT2D eigenvalue weighted by molar-refractivity contribution is 0.565. The number of thiophene rings is 1. The maximum Gasteiger partial charge on any atom is 0.136 e. The minimum Gasteiger partial charge on any atom is -0.458 e. The molecule has 0 aliphatic heterocycles. The number of nitrogen functional groups attached to an aromatic ring is 1. The van der Waals surface area contributed by atoms with Crippen LogP contribution in [0.2, 0.25) is 0 Å². The van der Waals surface area contributed by atoms with E-state index in [1.807, 2.05) is 53.8 Å². The lowest BCUT2D eigenvalue weighted by Crippen LogP contribution is -1.99. The van der Waals surface area contributed by atoms with E-state index in [0.717, 1.165) is 40.1 Å². The van der Waals surface area contributed by atoms with Gasteiger partial charge in [0.05, 0.1) is 16.7 Å². The third-order valence-corrected chi connectivity index (χ3v) is 11.7. The Morgan fingerprint density at radius 3 is 2.00 bits per heavy atom. The zero-order valence-corrected chi connectivity index (χ0v) is 29.7. The van der Waals surface area contributed by atoms with Crippen LogP contribution < -0.4 is 11.5 Å². The van der Waals surface area contributed by atoms with E-state index < -0.39 is 0 Å². The largest absolute Gasteiger partial charge is 0.458 e. The number of nitrogens with zero attached hydrogens (tertiary/aromatic N) is 1. The number of aromatic nitrogens is 1. The van der Waals surface area contributed by atoms with Gasteiger partial charge in [-0.2, -0.15) is 0 Å². The van der Waals surface area contributed by atoms with Crippen molar-refractivity contribution in [3.05, 3.63) is 181 Å². The summed E-state index contributed by atoms with van der Waals surface area (Å²) in [6, 6.07) is 57.8. The van der Waals surface area contributed by atoms with Gasteiger partial charge < -0.3 is 20.5 Å². The summed E-state index contributed by atoms with van der Waals surface area (Å²) in [4.78, 5) is 0. The van der Waals surface area contributed by atoms with E-state index in [9.17, 15) is 0 Å². The van der Waals surface area contributed by atoms with Gasteiger partial charge in [0.15, 0.2) is 0 Å². The Bertz CT molecular complexity index is 3150. The molecule has 3 heterocycles. The van der Waals surface area contributed by atoms with Gasteiger partial charge in [0.1, 0.15) is 11.3 Å². The van der Waals surface area contributed by atoms with E-state index in [2.05, 4.69) is 126 Å². The second kappa shape index (κ2) is 12.7. The first-order valence-corrected chi connectivity index (χ1v) is 18.8. The Morgan fingerprint density at radius 2 is 1.19 bits per heavy atom. The number of rotatable bonds is 4. The first kappa shape index (κ1) is 31.3. The molecule has 0 amide bonds. The lowest BCUT2D eigenvalue weighted by atomic mass is 9.94. The molecule has 0 spiro atoms. The van der Waals surface area contributed by atoms with Gasteiger partial charge in [-0.05, 0) is 64.4 Å². The summed E-state index contributed by atoms with van der Waals surface area (Å²) in [6.45, 7) is 0.529. The molecule has 0 saturated heterocycles. The maximum atomic E-state index is 6.09. The Hall–Kier alpha value is -6.40. The van der Waals surface area contributed by atoms with Crippen LogP contribution in [-0.2, 0) is 13.0 Å². The Labute approximate surface area is 310 Å². The highest BCUT2D eigenvalue weighted by molar-refractivity contribution is 7.27. The van der Waals surface area contributed by atoms with Crippen molar-refractivity contribution in [2.24, 2.45) is 5.73 Å².